The summed E-state index contributed by atoms with van der Waals surface area (Å²) in [4.78, 5) is 18.5. The molecule has 0 spiro atoms. The smallest absolute Gasteiger partial charge is 0.251 e. The molecule has 6 heteroatoms. The number of hydrogen-bond donors (Lipinski definition) is 2. The Morgan fingerprint density at radius 1 is 1.45 bits per heavy atom. The van der Waals surface area contributed by atoms with Crippen molar-refractivity contribution in [3.63, 3.8) is 0 Å². The number of aromatic nitrogens is 2. The monoisotopic (exact) mass is 291 g/mol. The van der Waals surface area contributed by atoms with Crippen LogP contribution in [-0.4, -0.2) is 23.6 Å². The molecule has 3 N–H and O–H groups in total. The van der Waals surface area contributed by atoms with Crippen LogP contribution in [0.15, 0.2) is 40.3 Å². The van der Waals surface area contributed by atoms with E-state index < -0.39 is 0 Å². The molecule has 0 fully saturated rings. The molecule has 0 aliphatic carbocycles. The molecule has 2 aromatic rings. The number of nitrogens with two attached hydrogens (primary N) is 1. The summed E-state index contributed by atoms with van der Waals surface area (Å²) in [6.07, 6.45) is 0. The van der Waals surface area contributed by atoms with Gasteiger partial charge in [-0.3, -0.25) is 4.79 Å². The second-order valence-electron chi connectivity index (χ2n) is 4.31. The van der Waals surface area contributed by atoms with E-state index in [2.05, 4.69) is 9.97 Å². The number of benzene rings is 1. The molecular weight excluding hydrogens is 274 g/mol. The van der Waals surface area contributed by atoms with E-state index in [0.717, 1.165) is 11.3 Å². The molecule has 0 saturated carbocycles. The average molecular weight is 291 g/mol. The zero-order valence-electron chi connectivity index (χ0n) is 11.4. The minimum absolute atomic E-state index is 0.00931. The molecule has 1 atom stereocenters. The molecule has 20 heavy (non-hydrogen) atoms. The fraction of sp³-hybridized carbons (Fsp3) is 0.286. The number of nitrogens with zero attached hydrogens (tertiary/aromatic N) is 1. The van der Waals surface area contributed by atoms with Crippen LogP contribution in [0.5, 0.6) is 5.75 Å². The number of aromatic amines is 1. The van der Waals surface area contributed by atoms with E-state index in [9.17, 15) is 4.79 Å². The van der Waals surface area contributed by atoms with E-state index in [1.54, 1.807) is 14.0 Å². The van der Waals surface area contributed by atoms with Gasteiger partial charge in [-0.2, -0.15) is 0 Å². The van der Waals surface area contributed by atoms with Crippen LogP contribution in [-0.2, 0) is 0 Å². The highest BCUT2D eigenvalue weighted by molar-refractivity contribution is 7.99. The van der Waals surface area contributed by atoms with Gasteiger partial charge >= 0.3 is 0 Å². The van der Waals surface area contributed by atoms with Crippen molar-refractivity contribution in [2.24, 2.45) is 5.73 Å². The second kappa shape index (κ2) is 6.58. The Balaban J connectivity index is 2.25. The summed E-state index contributed by atoms with van der Waals surface area (Å²) >= 11 is 1.44. The quantitative estimate of drug-likeness (QED) is 0.649. The summed E-state index contributed by atoms with van der Waals surface area (Å²) in [6.45, 7) is 2.23. The Morgan fingerprint density at radius 3 is 2.90 bits per heavy atom. The van der Waals surface area contributed by atoms with Crippen LogP contribution in [0.25, 0.3) is 0 Å². The van der Waals surface area contributed by atoms with Crippen molar-refractivity contribution in [2.75, 3.05) is 13.7 Å². The van der Waals surface area contributed by atoms with Crippen LogP contribution in [0.1, 0.15) is 16.5 Å². The van der Waals surface area contributed by atoms with Gasteiger partial charge in [-0.1, -0.05) is 23.9 Å². The fourth-order valence-electron chi connectivity index (χ4n) is 1.84. The van der Waals surface area contributed by atoms with Crippen molar-refractivity contribution in [3.8, 4) is 5.75 Å². The highest BCUT2D eigenvalue weighted by atomic mass is 32.2. The van der Waals surface area contributed by atoms with Crippen molar-refractivity contribution >= 4 is 11.8 Å². The average Bonchev–Trinajstić information content (AvgIpc) is 2.44. The normalized spacial score (nSPS) is 12.2. The maximum atomic E-state index is 11.5. The highest BCUT2D eigenvalue weighted by Crippen LogP contribution is 2.33. The fourth-order valence-corrected chi connectivity index (χ4v) is 2.84. The molecule has 5 nitrogen and oxygen atoms in total. The van der Waals surface area contributed by atoms with Gasteiger partial charge in [0, 0.05) is 23.6 Å². The molecule has 1 heterocycles. The minimum Gasteiger partial charge on any atom is -0.497 e. The van der Waals surface area contributed by atoms with Gasteiger partial charge in [0.25, 0.3) is 5.56 Å². The van der Waals surface area contributed by atoms with E-state index in [-0.39, 0.29) is 10.8 Å². The molecule has 106 valence electrons. The first-order valence-corrected chi connectivity index (χ1v) is 7.09. The number of aryl methyl sites for hydroxylation is 1. The minimum atomic E-state index is -0.151. The maximum Gasteiger partial charge on any atom is 0.251 e. The molecule has 1 aromatic carbocycles. The van der Waals surface area contributed by atoms with Gasteiger partial charge in [0.15, 0.2) is 5.16 Å². The van der Waals surface area contributed by atoms with E-state index in [1.807, 2.05) is 24.3 Å². The first-order chi connectivity index (χ1) is 9.62. The zero-order chi connectivity index (χ0) is 14.5. The summed E-state index contributed by atoms with van der Waals surface area (Å²) in [5.74, 6) is 0.784. The third-order valence-corrected chi connectivity index (χ3v) is 3.95. The van der Waals surface area contributed by atoms with E-state index in [0.29, 0.717) is 17.4 Å². The highest BCUT2D eigenvalue weighted by Gasteiger charge is 2.14. The van der Waals surface area contributed by atoms with Crippen molar-refractivity contribution in [1.82, 2.24) is 9.97 Å². The van der Waals surface area contributed by atoms with Gasteiger partial charge in [0.2, 0.25) is 0 Å². The van der Waals surface area contributed by atoms with Crippen LogP contribution in [0.2, 0.25) is 0 Å². The molecule has 0 aliphatic heterocycles. The van der Waals surface area contributed by atoms with Gasteiger partial charge in [0.1, 0.15) is 5.75 Å². The molecule has 0 aliphatic rings. The van der Waals surface area contributed by atoms with E-state index >= 15 is 0 Å². The van der Waals surface area contributed by atoms with Crippen LogP contribution < -0.4 is 16.0 Å². The summed E-state index contributed by atoms with van der Waals surface area (Å²) in [5.41, 5.74) is 7.42. The number of methoxy groups -OCH3 is 1. The van der Waals surface area contributed by atoms with Gasteiger partial charge in [-0.15, -0.1) is 0 Å². The molecular formula is C14H17N3O2S. The topological polar surface area (TPSA) is 81.0 Å². The summed E-state index contributed by atoms with van der Waals surface area (Å²) < 4.78 is 5.21. The molecule has 1 unspecified atom stereocenters. The van der Waals surface area contributed by atoms with E-state index in [1.165, 1.54) is 17.8 Å². The van der Waals surface area contributed by atoms with Crippen molar-refractivity contribution in [2.45, 2.75) is 17.3 Å². The Bertz CT molecular complexity index is 642. The lowest BCUT2D eigenvalue weighted by molar-refractivity contribution is 0.414. The third-order valence-electron chi connectivity index (χ3n) is 2.78. The number of nitrogens with one attached hydrogen (secondary N) is 1. The zero-order valence-corrected chi connectivity index (χ0v) is 12.2. The predicted molar refractivity (Wildman–Crippen MR) is 80.2 cm³/mol. The lowest BCUT2D eigenvalue weighted by Gasteiger charge is -2.15. The van der Waals surface area contributed by atoms with Crippen LogP contribution in [0, 0.1) is 6.92 Å². The van der Waals surface area contributed by atoms with Gasteiger partial charge in [0.05, 0.1) is 7.11 Å². The van der Waals surface area contributed by atoms with Crippen LogP contribution >= 0.6 is 11.8 Å². The molecule has 0 radical (unpaired) electrons. The predicted octanol–water partition coefficient (Wildman–Crippen LogP) is 1.88. The molecule has 0 saturated heterocycles. The van der Waals surface area contributed by atoms with Crippen LogP contribution in [0.3, 0.4) is 0 Å². The second-order valence-corrected chi connectivity index (χ2v) is 5.50. The molecule has 1 aromatic heterocycles. The van der Waals surface area contributed by atoms with Gasteiger partial charge < -0.3 is 15.5 Å². The summed E-state index contributed by atoms with van der Waals surface area (Å²) in [7, 11) is 1.63. The lowest BCUT2D eigenvalue weighted by Crippen LogP contribution is -2.13. The number of thioether (sulfide) groups is 1. The number of ether oxygens (including phenoxy) is 1. The Labute approximate surface area is 121 Å². The lowest BCUT2D eigenvalue weighted by atomic mass is 10.1. The standard InChI is InChI=1S/C14H17N3O2S/c1-9-6-13(18)17-14(16-9)20-12(8-15)10-4-3-5-11(7-10)19-2/h3-7,12H,8,15H2,1-2H3,(H,16,17,18). The molecule has 0 bridgehead atoms. The van der Waals surface area contributed by atoms with Crippen molar-refractivity contribution in [3.05, 3.63) is 51.9 Å². The summed E-state index contributed by atoms with van der Waals surface area (Å²) in [5, 5.41) is 0.586. The van der Waals surface area contributed by atoms with Crippen LogP contribution in [0.4, 0.5) is 0 Å². The summed E-state index contributed by atoms with van der Waals surface area (Å²) in [6, 6.07) is 9.20. The molecule has 0 amide bonds. The Hall–Kier alpha value is -1.79. The molecule has 2 rings (SSSR count). The van der Waals surface area contributed by atoms with Crippen molar-refractivity contribution < 1.29 is 4.74 Å². The number of hydrogen-bond acceptors (Lipinski definition) is 5. The first kappa shape index (κ1) is 14.6. The first-order valence-electron chi connectivity index (χ1n) is 6.21. The number of H-pyrrole nitrogens is 1. The SMILES string of the molecule is COc1cccc(C(CN)Sc2nc(C)cc(=O)[nH]2)c1. The van der Waals surface area contributed by atoms with E-state index in [4.69, 9.17) is 10.5 Å². The van der Waals surface area contributed by atoms with Crippen molar-refractivity contribution in [1.29, 1.82) is 0 Å². The Morgan fingerprint density at radius 2 is 2.25 bits per heavy atom. The van der Waals surface area contributed by atoms with Gasteiger partial charge in [-0.25, -0.2) is 4.98 Å². The Kier molecular flexibility index (Phi) is 4.81. The largest absolute Gasteiger partial charge is 0.497 e. The third kappa shape index (κ3) is 3.61. The number of rotatable bonds is 5. The maximum absolute atomic E-state index is 11.5. The van der Waals surface area contributed by atoms with Gasteiger partial charge in [-0.05, 0) is 24.6 Å².